The molecule has 0 saturated heterocycles. The van der Waals surface area contributed by atoms with E-state index in [2.05, 4.69) is 0 Å². The lowest BCUT2D eigenvalue weighted by molar-refractivity contribution is -0.385. The molecule has 124 valence electrons. The third-order valence-corrected chi connectivity index (χ3v) is 6.57. The molecule has 4 saturated carbocycles. The van der Waals surface area contributed by atoms with Crippen molar-refractivity contribution in [3.05, 3.63) is 39.4 Å². The minimum absolute atomic E-state index is 0.0109. The Kier molecular flexibility index (Phi) is 2.61. The summed E-state index contributed by atoms with van der Waals surface area (Å²) in [5, 5.41) is 11.3. The van der Waals surface area contributed by atoms with E-state index < -0.39 is 16.4 Å². The summed E-state index contributed by atoms with van der Waals surface area (Å²) in [6.07, 6.45) is 6.25. The molecule has 0 unspecified atom stereocenters. The lowest BCUT2D eigenvalue weighted by Gasteiger charge is -2.59. The van der Waals surface area contributed by atoms with E-state index in [0.717, 1.165) is 19.3 Å². The molecule has 1 aromatic carbocycles. The van der Waals surface area contributed by atoms with Crippen LogP contribution < -0.4 is 0 Å². The van der Waals surface area contributed by atoms with E-state index in [-0.39, 0.29) is 22.7 Å². The summed E-state index contributed by atoms with van der Waals surface area (Å²) in [4.78, 5) is 38.2. The highest BCUT2D eigenvalue weighted by Crippen LogP contribution is 2.59. The van der Waals surface area contributed by atoms with E-state index in [9.17, 15) is 19.7 Å². The Labute approximate surface area is 139 Å². The summed E-state index contributed by atoms with van der Waals surface area (Å²) in [5.74, 6) is 0.992. The Hall–Kier alpha value is -2.24. The first-order chi connectivity index (χ1) is 11.5. The van der Waals surface area contributed by atoms with Crippen LogP contribution in [0.1, 0.15) is 59.2 Å². The maximum Gasteiger partial charge on any atom is 0.282 e. The topological polar surface area (TPSA) is 80.5 Å². The Morgan fingerprint density at radius 2 is 1.58 bits per heavy atom. The minimum atomic E-state index is -0.562. The number of rotatable bonds is 2. The highest BCUT2D eigenvalue weighted by Gasteiger charge is 2.59. The van der Waals surface area contributed by atoms with Gasteiger partial charge in [-0.15, -0.1) is 0 Å². The summed E-state index contributed by atoms with van der Waals surface area (Å²) in [6.45, 7) is 0. The second-order valence-corrected chi connectivity index (χ2v) is 8.04. The van der Waals surface area contributed by atoms with Gasteiger partial charge in [-0.1, -0.05) is 6.07 Å². The molecule has 0 N–H and O–H groups in total. The molecule has 0 radical (unpaired) electrons. The van der Waals surface area contributed by atoms with Crippen LogP contribution in [0, 0.1) is 27.9 Å². The van der Waals surface area contributed by atoms with Crippen molar-refractivity contribution in [3.63, 3.8) is 0 Å². The zero-order valence-electron chi connectivity index (χ0n) is 13.2. The van der Waals surface area contributed by atoms with Crippen LogP contribution >= 0.6 is 0 Å². The average molecular weight is 326 g/mol. The fraction of sp³-hybridized carbons (Fsp3) is 0.556. The van der Waals surface area contributed by atoms with Crippen LogP contribution in [0.4, 0.5) is 5.69 Å². The third-order valence-electron chi connectivity index (χ3n) is 6.57. The second-order valence-electron chi connectivity index (χ2n) is 8.04. The van der Waals surface area contributed by atoms with Crippen molar-refractivity contribution < 1.29 is 14.5 Å². The van der Waals surface area contributed by atoms with Gasteiger partial charge in [0.2, 0.25) is 0 Å². The molecule has 6 heteroatoms. The molecular weight excluding hydrogens is 308 g/mol. The molecule has 0 spiro atoms. The Morgan fingerprint density at radius 1 is 1.00 bits per heavy atom. The van der Waals surface area contributed by atoms with Crippen LogP contribution in [0.2, 0.25) is 0 Å². The molecular formula is C18H18N2O4. The van der Waals surface area contributed by atoms with E-state index in [0.29, 0.717) is 17.8 Å². The largest absolute Gasteiger partial charge is 0.282 e. The number of amides is 2. The Balaban J connectivity index is 1.61. The first-order valence-electron chi connectivity index (χ1n) is 8.65. The zero-order valence-corrected chi connectivity index (χ0v) is 13.2. The second kappa shape index (κ2) is 4.43. The van der Waals surface area contributed by atoms with Crippen LogP contribution in [0.5, 0.6) is 0 Å². The molecule has 5 aliphatic rings. The first-order valence-corrected chi connectivity index (χ1v) is 8.65. The van der Waals surface area contributed by atoms with Crippen LogP contribution in [0.15, 0.2) is 18.2 Å². The summed E-state index contributed by atoms with van der Waals surface area (Å²) in [7, 11) is 0. The number of benzene rings is 1. The van der Waals surface area contributed by atoms with Crippen LogP contribution in [0.25, 0.3) is 0 Å². The van der Waals surface area contributed by atoms with Crippen LogP contribution in [0.3, 0.4) is 0 Å². The van der Waals surface area contributed by atoms with Crippen molar-refractivity contribution in [1.82, 2.24) is 4.90 Å². The number of hydrogen-bond acceptors (Lipinski definition) is 4. The number of carbonyl (C=O) groups excluding carboxylic acids is 2. The average Bonchev–Trinajstić information content (AvgIpc) is 2.78. The summed E-state index contributed by atoms with van der Waals surface area (Å²) in [5.41, 5.74) is -0.471. The lowest BCUT2D eigenvalue weighted by atomic mass is 9.52. The molecule has 4 aliphatic carbocycles. The summed E-state index contributed by atoms with van der Waals surface area (Å²) in [6, 6.07) is 4.35. The maximum absolute atomic E-state index is 13.0. The lowest BCUT2D eigenvalue weighted by Crippen LogP contribution is -2.61. The molecule has 0 aromatic heterocycles. The van der Waals surface area contributed by atoms with E-state index in [1.807, 2.05) is 0 Å². The Bertz CT molecular complexity index is 765. The van der Waals surface area contributed by atoms with Gasteiger partial charge < -0.3 is 0 Å². The standard InChI is InChI=1S/C18H18N2O4/c21-16-13-2-1-3-14(20(23)24)15(13)17(22)19(16)18-7-10-4-11(8-18)6-12(5-10)9-18/h1-3,10-12H,4-9H2. The van der Waals surface area contributed by atoms with Crippen molar-refractivity contribution in [1.29, 1.82) is 0 Å². The highest BCUT2D eigenvalue weighted by molar-refractivity contribution is 6.23. The van der Waals surface area contributed by atoms with E-state index in [4.69, 9.17) is 0 Å². The number of fused-ring (bicyclic) bond motifs is 1. The van der Waals surface area contributed by atoms with Gasteiger partial charge in [0.1, 0.15) is 5.56 Å². The SMILES string of the molecule is O=C1c2cccc([N+](=O)[O-])c2C(=O)N1C12CC3CC(CC(C3)C1)C2. The van der Waals surface area contributed by atoms with Gasteiger partial charge in [0.05, 0.1) is 16.0 Å². The quantitative estimate of drug-likeness (QED) is 0.475. The van der Waals surface area contributed by atoms with Crippen molar-refractivity contribution in [2.45, 2.75) is 44.1 Å². The van der Waals surface area contributed by atoms with Gasteiger partial charge in [0, 0.05) is 6.07 Å². The summed E-state index contributed by atoms with van der Waals surface area (Å²) >= 11 is 0. The zero-order chi connectivity index (χ0) is 16.6. The number of hydrogen-bond donors (Lipinski definition) is 0. The van der Waals surface area contributed by atoms with Gasteiger partial charge >= 0.3 is 0 Å². The van der Waals surface area contributed by atoms with Crippen LogP contribution in [-0.4, -0.2) is 27.2 Å². The van der Waals surface area contributed by atoms with Crippen molar-refractivity contribution in [2.75, 3.05) is 0 Å². The first kappa shape index (κ1) is 14.1. The highest BCUT2D eigenvalue weighted by atomic mass is 16.6. The maximum atomic E-state index is 13.0. The normalized spacial score (nSPS) is 36.3. The third kappa shape index (κ3) is 1.66. The molecule has 6 nitrogen and oxygen atoms in total. The number of nitro groups is 1. The van der Waals surface area contributed by atoms with Gasteiger partial charge in [0.25, 0.3) is 17.5 Å². The molecule has 2 amide bonds. The molecule has 4 fully saturated rings. The molecule has 4 bridgehead atoms. The van der Waals surface area contributed by atoms with Crippen molar-refractivity contribution in [2.24, 2.45) is 17.8 Å². The number of carbonyl (C=O) groups is 2. The van der Waals surface area contributed by atoms with Crippen LogP contribution in [-0.2, 0) is 0 Å². The number of nitro benzene ring substituents is 1. The Morgan fingerprint density at radius 3 is 2.12 bits per heavy atom. The number of nitrogens with zero attached hydrogens (tertiary/aromatic N) is 2. The molecule has 24 heavy (non-hydrogen) atoms. The molecule has 1 aliphatic heterocycles. The predicted molar refractivity (Wildman–Crippen MR) is 84.5 cm³/mol. The molecule has 1 heterocycles. The number of imide groups is 1. The van der Waals surface area contributed by atoms with Gasteiger partial charge in [-0.25, -0.2) is 0 Å². The fourth-order valence-corrected chi connectivity index (χ4v) is 6.19. The van der Waals surface area contributed by atoms with E-state index in [1.54, 1.807) is 6.07 Å². The van der Waals surface area contributed by atoms with Crippen molar-refractivity contribution in [3.8, 4) is 0 Å². The predicted octanol–water partition coefficient (Wildman–Crippen LogP) is 3.16. The van der Waals surface area contributed by atoms with E-state index in [1.165, 1.54) is 36.3 Å². The summed E-state index contributed by atoms with van der Waals surface area (Å²) < 4.78 is 0. The van der Waals surface area contributed by atoms with Gasteiger partial charge in [-0.2, -0.15) is 0 Å². The molecule has 0 atom stereocenters. The van der Waals surface area contributed by atoms with Gasteiger partial charge in [-0.3, -0.25) is 24.6 Å². The smallest absolute Gasteiger partial charge is 0.269 e. The van der Waals surface area contributed by atoms with Gasteiger partial charge in [-0.05, 0) is 62.3 Å². The van der Waals surface area contributed by atoms with Crippen molar-refractivity contribution >= 4 is 17.5 Å². The fourth-order valence-electron chi connectivity index (χ4n) is 6.19. The molecule has 6 rings (SSSR count). The minimum Gasteiger partial charge on any atom is -0.269 e. The van der Waals surface area contributed by atoms with E-state index >= 15 is 0 Å². The molecule has 1 aromatic rings. The monoisotopic (exact) mass is 326 g/mol. The van der Waals surface area contributed by atoms with Gasteiger partial charge in [0.15, 0.2) is 0 Å².